The number of rotatable bonds is 5. The van der Waals surface area contributed by atoms with Gasteiger partial charge in [0.15, 0.2) is 0 Å². The van der Waals surface area contributed by atoms with Gasteiger partial charge in [-0.25, -0.2) is 0 Å². The highest BCUT2D eigenvalue weighted by atomic mass is 32.3. The summed E-state index contributed by atoms with van der Waals surface area (Å²) in [4.78, 5) is 9.59. The smallest absolute Gasteiger partial charge is 0.332 e. The van der Waals surface area contributed by atoms with Crippen LogP contribution in [-0.4, -0.2) is 21.4 Å². The van der Waals surface area contributed by atoms with Crippen molar-refractivity contribution in [1.29, 1.82) is 0 Å². The van der Waals surface area contributed by atoms with Gasteiger partial charge in [0.2, 0.25) is 6.41 Å². The fourth-order valence-corrected chi connectivity index (χ4v) is 1.56. The number of hydrogen-bond acceptors (Lipinski definition) is 3. The summed E-state index contributed by atoms with van der Waals surface area (Å²) in [6.45, 7) is 0.464. The molecular formula is C9H10FNO3S. The van der Waals surface area contributed by atoms with Gasteiger partial charge in [0.25, 0.3) is 0 Å². The molecule has 0 aliphatic heterocycles. The Balaban J connectivity index is 2.69. The second-order valence-electron chi connectivity index (χ2n) is 2.90. The monoisotopic (exact) mass is 231 g/mol. The number of nitrogens with one attached hydrogen (secondary N) is 1. The van der Waals surface area contributed by atoms with E-state index < -0.39 is 10.2 Å². The van der Waals surface area contributed by atoms with E-state index in [0.717, 1.165) is 5.56 Å². The van der Waals surface area contributed by atoms with Crippen molar-refractivity contribution in [3.63, 3.8) is 0 Å². The first-order valence-corrected chi connectivity index (χ1v) is 5.63. The van der Waals surface area contributed by atoms with Crippen molar-refractivity contribution in [1.82, 2.24) is 5.32 Å². The summed E-state index contributed by atoms with van der Waals surface area (Å²) in [5.74, 6) is 0. The highest BCUT2D eigenvalue weighted by molar-refractivity contribution is 7.86. The molecule has 4 nitrogen and oxygen atoms in total. The summed E-state index contributed by atoms with van der Waals surface area (Å²) in [5, 5.41) is 2.47. The van der Waals surface area contributed by atoms with Crippen LogP contribution in [0.5, 0.6) is 0 Å². The van der Waals surface area contributed by atoms with Crippen LogP contribution in [0.2, 0.25) is 0 Å². The van der Waals surface area contributed by atoms with Gasteiger partial charge < -0.3 is 5.32 Å². The van der Waals surface area contributed by atoms with E-state index in [9.17, 15) is 17.1 Å². The molecule has 0 radical (unpaired) electrons. The minimum absolute atomic E-state index is 0.352. The molecule has 0 bridgehead atoms. The summed E-state index contributed by atoms with van der Waals surface area (Å²) in [5.41, 5.74) is 0.830. The first-order chi connectivity index (χ1) is 7.04. The quantitative estimate of drug-likeness (QED) is 0.459. The number of carbonyl (C=O) groups excluding carboxylic acids is 1. The molecule has 82 valence electrons. The van der Waals surface area contributed by atoms with E-state index in [1.807, 2.05) is 0 Å². The van der Waals surface area contributed by atoms with E-state index in [-0.39, 0.29) is 4.90 Å². The third kappa shape index (κ3) is 3.67. The van der Waals surface area contributed by atoms with Gasteiger partial charge in [0, 0.05) is 6.54 Å². The molecule has 1 aromatic carbocycles. The summed E-state index contributed by atoms with van der Waals surface area (Å²) in [7, 11) is -4.62. The zero-order valence-electron chi connectivity index (χ0n) is 7.81. The third-order valence-corrected chi connectivity index (χ3v) is 2.68. The molecule has 0 aromatic heterocycles. The maximum Gasteiger partial charge on any atom is 0.332 e. The SMILES string of the molecule is O=CNCCc1ccc(S(=O)(=O)F)cc1. The third-order valence-electron chi connectivity index (χ3n) is 1.85. The fraction of sp³-hybridized carbons (Fsp3) is 0.222. The number of benzene rings is 1. The topological polar surface area (TPSA) is 63.2 Å². The Morgan fingerprint density at radius 2 is 1.87 bits per heavy atom. The van der Waals surface area contributed by atoms with E-state index in [2.05, 4.69) is 5.32 Å². The zero-order chi connectivity index (χ0) is 11.3. The van der Waals surface area contributed by atoms with Crippen LogP contribution in [0.25, 0.3) is 0 Å². The molecule has 1 amide bonds. The Morgan fingerprint density at radius 1 is 1.27 bits per heavy atom. The van der Waals surface area contributed by atoms with E-state index in [4.69, 9.17) is 0 Å². The van der Waals surface area contributed by atoms with Gasteiger partial charge in [0.05, 0.1) is 4.90 Å². The van der Waals surface area contributed by atoms with Crippen molar-refractivity contribution in [3.05, 3.63) is 29.8 Å². The van der Waals surface area contributed by atoms with E-state index in [1.54, 1.807) is 0 Å². The van der Waals surface area contributed by atoms with Crippen molar-refractivity contribution in [2.45, 2.75) is 11.3 Å². The molecular weight excluding hydrogens is 221 g/mol. The van der Waals surface area contributed by atoms with Gasteiger partial charge in [0.1, 0.15) is 0 Å². The normalized spacial score (nSPS) is 11.0. The second kappa shape index (κ2) is 4.88. The Bertz CT molecular complexity index is 427. The standard InChI is InChI=1S/C9H10FNO3S/c10-15(13,14)9-3-1-8(2-4-9)5-6-11-7-12/h1-4,7H,5-6H2,(H,11,12). The number of hydrogen-bond donors (Lipinski definition) is 1. The van der Waals surface area contributed by atoms with Gasteiger partial charge in [-0.1, -0.05) is 12.1 Å². The van der Waals surface area contributed by atoms with Crippen LogP contribution in [-0.2, 0) is 21.4 Å². The van der Waals surface area contributed by atoms with Crippen molar-refractivity contribution >= 4 is 16.6 Å². The fourth-order valence-electron chi connectivity index (χ4n) is 1.09. The molecule has 1 aromatic rings. The predicted octanol–water partition coefficient (Wildman–Crippen LogP) is 0.633. The van der Waals surface area contributed by atoms with Gasteiger partial charge in [-0.15, -0.1) is 3.89 Å². The maximum atomic E-state index is 12.5. The van der Waals surface area contributed by atoms with Crippen molar-refractivity contribution in [2.24, 2.45) is 0 Å². The summed E-state index contributed by atoms with van der Waals surface area (Å²) in [6, 6.07) is 5.43. The maximum absolute atomic E-state index is 12.5. The second-order valence-corrected chi connectivity index (χ2v) is 4.25. The summed E-state index contributed by atoms with van der Waals surface area (Å²) >= 11 is 0. The Hall–Kier alpha value is -1.43. The predicted molar refractivity (Wildman–Crippen MR) is 52.5 cm³/mol. The highest BCUT2D eigenvalue weighted by Gasteiger charge is 2.10. The van der Waals surface area contributed by atoms with Crippen LogP contribution in [0, 0.1) is 0 Å². The minimum atomic E-state index is -4.62. The van der Waals surface area contributed by atoms with Crippen LogP contribution in [0.3, 0.4) is 0 Å². The average molecular weight is 231 g/mol. The minimum Gasteiger partial charge on any atom is -0.358 e. The van der Waals surface area contributed by atoms with Crippen LogP contribution in [0.15, 0.2) is 29.2 Å². The van der Waals surface area contributed by atoms with Gasteiger partial charge in [-0.2, -0.15) is 8.42 Å². The molecule has 0 saturated heterocycles. The molecule has 0 aliphatic carbocycles. The Labute approximate surface area is 87.3 Å². The highest BCUT2D eigenvalue weighted by Crippen LogP contribution is 2.12. The number of carbonyl (C=O) groups is 1. The van der Waals surface area contributed by atoms with Gasteiger partial charge >= 0.3 is 10.2 Å². The lowest BCUT2D eigenvalue weighted by molar-refractivity contribution is -0.109. The van der Waals surface area contributed by atoms with E-state index in [0.29, 0.717) is 19.4 Å². The largest absolute Gasteiger partial charge is 0.358 e. The molecule has 0 saturated carbocycles. The van der Waals surface area contributed by atoms with E-state index >= 15 is 0 Å². The molecule has 0 aliphatic rings. The molecule has 0 spiro atoms. The van der Waals surface area contributed by atoms with Crippen LogP contribution < -0.4 is 5.32 Å². The van der Waals surface area contributed by atoms with Gasteiger partial charge in [-0.3, -0.25) is 4.79 Å². The van der Waals surface area contributed by atoms with Crippen LogP contribution in [0.4, 0.5) is 3.89 Å². The Kier molecular flexibility index (Phi) is 3.79. The zero-order valence-corrected chi connectivity index (χ0v) is 8.63. The van der Waals surface area contributed by atoms with Crippen LogP contribution in [0.1, 0.15) is 5.56 Å². The lowest BCUT2D eigenvalue weighted by Gasteiger charge is -2.01. The molecule has 0 heterocycles. The van der Waals surface area contributed by atoms with Crippen molar-refractivity contribution in [3.8, 4) is 0 Å². The van der Waals surface area contributed by atoms with Crippen molar-refractivity contribution in [2.75, 3.05) is 6.54 Å². The molecule has 0 unspecified atom stereocenters. The molecule has 1 N–H and O–H groups in total. The summed E-state index contributed by atoms with van der Waals surface area (Å²) in [6.07, 6.45) is 1.16. The molecule has 0 fully saturated rings. The van der Waals surface area contributed by atoms with Crippen LogP contribution >= 0.6 is 0 Å². The lowest BCUT2D eigenvalue weighted by atomic mass is 10.1. The number of halogens is 1. The first-order valence-electron chi connectivity index (χ1n) is 4.24. The van der Waals surface area contributed by atoms with Gasteiger partial charge in [-0.05, 0) is 24.1 Å². The van der Waals surface area contributed by atoms with E-state index in [1.165, 1.54) is 24.3 Å². The lowest BCUT2D eigenvalue weighted by Crippen LogP contribution is -2.14. The van der Waals surface area contributed by atoms with Crippen molar-refractivity contribution < 1.29 is 17.1 Å². The molecule has 15 heavy (non-hydrogen) atoms. The Morgan fingerprint density at radius 3 is 2.33 bits per heavy atom. The first kappa shape index (κ1) is 11.6. The average Bonchev–Trinajstić information content (AvgIpc) is 2.18. The number of amides is 1. The molecule has 1 rings (SSSR count). The summed E-state index contributed by atoms with van der Waals surface area (Å²) < 4.78 is 33.4. The molecule has 0 atom stereocenters. The molecule has 6 heteroatoms.